The maximum absolute atomic E-state index is 13.0. The summed E-state index contributed by atoms with van der Waals surface area (Å²) in [5, 5.41) is 2.88. The lowest BCUT2D eigenvalue weighted by molar-refractivity contribution is 0.583. The van der Waals surface area contributed by atoms with Crippen molar-refractivity contribution in [3.05, 3.63) is 59.7 Å². The molecule has 1 aromatic carbocycles. The second-order valence-corrected chi connectivity index (χ2v) is 3.96. The van der Waals surface area contributed by atoms with Gasteiger partial charge in [-0.1, -0.05) is 0 Å². The van der Waals surface area contributed by atoms with Gasteiger partial charge < -0.3 is 5.32 Å². The van der Waals surface area contributed by atoms with Gasteiger partial charge in [-0.25, -0.2) is 13.2 Å². The third kappa shape index (κ3) is 3.00. The fourth-order valence-corrected chi connectivity index (χ4v) is 1.64. The summed E-state index contributed by atoms with van der Waals surface area (Å²) in [5.74, 6) is -1.78. The Bertz CT molecular complexity index is 537. The minimum atomic E-state index is -0.665. The van der Waals surface area contributed by atoms with E-state index in [0.717, 1.165) is 12.3 Å². The zero-order chi connectivity index (χ0) is 13.1. The average Bonchev–Trinajstić information content (AvgIpc) is 2.27. The largest absolute Gasteiger partial charge is 0.378 e. The first-order valence-corrected chi connectivity index (χ1v) is 5.37. The molecule has 0 aliphatic carbocycles. The van der Waals surface area contributed by atoms with E-state index in [1.165, 1.54) is 24.4 Å². The molecule has 0 aliphatic rings. The lowest BCUT2D eigenvalue weighted by Crippen LogP contribution is -2.07. The second-order valence-electron chi connectivity index (χ2n) is 3.96. The topological polar surface area (TPSA) is 24.9 Å². The van der Waals surface area contributed by atoms with E-state index >= 15 is 0 Å². The SMILES string of the molecule is CC(Nc1cc(F)cc(F)c1)c1cncc(F)c1. The van der Waals surface area contributed by atoms with Crippen LogP contribution in [0.3, 0.4) is 0 Å². The van der Waals surface area contributed by atoms with Gasteiger partial charge in [-0.05, 0) is 30.7 Å². The third-order valence-electron chi connectivity index (χ3n) is 2.47. The van der Waals surface area contributed by atoms with E-state index in [9.17, 15) is 13.2 Å². The monoisotopic (exact) mass is 252 g/mol. The van der Waals surface area contributed by atoms with E-state index in [0.29, 0.717) is 11.3 Å². The van der Waals surface area contributed by atoms with Crippen LogP contribution in [0.5, 0.6) is 0 Å². The number of rotatable bonds is 3. The second kappa shape index (κ2) is 5.08. The predicted molar refractivity (Wildman–Crippen MR) is 62.6 cm³/mol. The van der Waals surface area contributed by atoms with Crippen LogP contribution in [0.1, 0.15) is 18.5 Å². The number of aromatic nitrogens is 1. The van der Waals surface area contributed by atoms with E-state index < -0.39 is 17.5 Å². The molecule has 5 heteroatoms. The molecule has 2 nitrogen and oxygen atoms in total. The predicted octanol–water partition coefficient (Wildman–Crippen LogP) is 3.67. The molecule has 1 aromatic heterocycles. The van der Waals surface area contributed by atoms with Crippen molar-refractivity contribution in [1.29, 1.82) is 0 Å². The summed E-state index contributed by atoms with van der Waals surface area (Å²) in [5.41, 5.74) is 0.893. The Morgan fingerprint density at radius 2 is 1.61 bits per heavy atom. The molecule has 1 N–H and O–H groups in total. The molecular formula is C13H11F3N2. The Labute approximate surface area is 102 Å². The van der Waals surface area contributed by atoms with E-state index in [1.54, 1.807) is 6.92 Å². The Morgan fingerprint density at radius 1 is 0.944 bits per heavy atom. The number of halogens is 3. The Kier molecular flexibility index (Phi) is 3.50. The fourth-order valence-electron chi connectivity index (χ4n) is 1.64. The number of anilines is 1. The van der Waals surface area contributed by atoms with Gasteiger partial charge in [-0.2, -0.15) is 0 Å². The van der Waals surface area contributed by atoms with Gasteiger partial charge in [-0.15, -0.1) is 0 Å². The molecule has 2 aromatic rings. The minimum Gasteiger partial charge on any atom is -0.378 e. The number of hydrogen-bond donors (Lipinski definition) is 1. The van der Waals surface area contributed by atoms with Gasteiger partial charge in [0.25, 0.3) is 0 Å². The van der Waals surface area contributed by atoms with E-state index in [2.05, 4.69) is 10.3 Å². The molecule has 1 atom stereocenters. The van der Waals surface area contributed by atoms with E-state index in [-0.39, 0.29) is 6.04 Å². The normalized spacial score (nSPS) is 12.2. The molecule has 0 fully saturated rings. The van der Waals surface area contributed by atoms with Crippen molar-refractivity contribution in [3.8, 4) is 0 Å². The number of nitrogens with one attached hydrogen (secondary N) is 1. The van der Waals surface area contributed by atoms with Crippen molar-refractivity contribution in [2.45, 2.75) is 13.0 Å². The van der Waals surface area contributed by atoms with Crippen LogP contribution in [0.2, 0.25) is 0 Å². The van der Waals surface area contributed by atoms with Crippen molar-refractivity contribution >= 4 is 5.69 Å². The summed E-state index contributed by atoms with van der Waals surface area (Å²) in [6, 6.07) is 4.15. The molecule has 1 unspecified atom stereocenters. The molecule has 0 bridgehead atoms. The summed E-state index contributed by atoms with van der Waals surface area (Å²) >= 11 is 0. The zero-order valence-electron chi connectivity index (χ0n) is 9.62. The highest BCUT2D eigenvalue weighted by Gasteiger charge is 2.08. The summed E-state index contributed by atoms with van der Waals surface area (Å²) in [6.07, 6.45) is 2.59. The van der Waals surface area contributed by atoms with Crippen molar-refractivity contribution in [2.75, 3.05) is 5.32 Å². The van der Waals surface area contributed by atoms with Gasteiger partial charge in [0.2, 0.25) is 0 Å². The Morgan fingerprint density at radius 3 is 2.22 bits per heavy atom. The van der Waals surface area contributed by atoms with Gasteiger partial charge >= 0.3 is 0 Å². The van der Waals surface area contributed by atoms with Crippen molar-refractivity contribution in [2.24, 2.45) is 0 Å². The molecule has 0 saturated carbocycles. The molecule has 0 saturated heterocycles. The lowest BCUT2D eigenvalue weighted by atomic mass is 10.1. The maximum atomic E-state index is 13.0. The van der Waals surface area contributed by atoms with Gasteiger partial charge in [0.15, 0.2) is 0 Å². The van der Waals surface area contributed by atoms with Crippen LogP contribution < -0.4 is 5.32 Å². The molecule has 1 heterocycles. The molecule has 0 radical (unpaired) electrons. The summed E-state index contributed by atoms with van der Waals surface area (Å²) < 4.78 is 39.0. The quantitative estimate of drug-likeness (QED) is 0.901. The van der Waals surface area contributed by atoms with Crippen LogP contribution >= 0.6 is 0 Å². The number of nitrogens with zero attached hydrogens (tertiary/aromatic N) is 1. The number of benzene rings is 1. The van der Waals surface area contributed by atoms with Gasteiger partial charge in [0.1, 0.15) is 17.5 Å². The zero-order valence-corrected chi connectivity index (χ0v) is 9.62. The first-order valence-electron chi connectivity index (χ1n) is 5.37. The van der Waals surface area contributed by atoms with Crippen molar-refractivity contribution in [3.63, 3.8) is 0 Å². The third-order valence-corrected chi connectivity index (χ3v) is 2.47. The standard InChI is InChI=1S/C13H11F3N2/c1-8(9-2-12(16)7-17-6-9)18-13-4-10(14)3-11(15)5-13/h2-8,18H,1H3. The average molecular weight is 252 g/mol. The van der Waals surface area contributed by atoms with Crippen LogP contribution in [-0.4, -0.2) is 4.98 Å². The van der Waals surface area contributed by atoms with Crippen molar-refractivity contribution in [1.82, 2.24) is 4.98 Å². The van der Waals surface area contributed by atoms with Crippen LogP contribution in [0, 0.1) is 17.5 Å². The highest BCUT2D eigenvalue weighted by Crippen LogP contribution is 2.20. The Hall–Kier alpha value is -2.04. The van der Waals surface area contributed by atoms with Crippen molar-refractivity contribution < 1.29 is 13.2 Å². The van der Waals surface area contributed by atoms with Crippen LogP contribution in [-0.2, 0) is 0 Å². The first-order chi connectivity index (χ1) is 8.54. The molecule has 2 rings (SSSR count). The smallest absolute Gasteiger partial charge is 0.141 e. The van der Waals surface area contributed by atoms with Gasteiger partial charge in [-0.3, -0.25) is 4.98 Å². The molecule has 94 valence electrons. The summed E-state index contributed by atoms with van der Waals surface area (Å²) in [4.78, 5) is 3.72. The highest BCUT2D eigenvalue weighted by molar-refractivity contribution is 5.45. The lowest BCUT2D eigenvalue weighted by Gasteiger charge is -2.15. The Balaban J connectivity index is 2.18. The van der Waals surface area contributed by atoms with Crippen LogP contribution in [0.25, 0.3) is 0 Å². The summed E-state index contributed by atoms with van der Waals surface area (Å²) in [7, 11) is 0. The summed E-state index contributed by atoms with van der Waals surface area (Å²) in [6.45, 7) is 1.75. The number of hydrogen-bond acceptors (Lipinski definition) is 2. The van der Waals surface area contributed by atoms with Gasteiger partial charge in [0, 0.05) is 18.0 Å². The first kappa shape index (κ1) is 12.4. The fraction of sp³-hybridized carbons (Fsp3) is 0.154. The number of pyridine rings is 1. The van der Waals surface area contributed by atoms with E-state index in [1.807, 2.05) is 0 Å². The molecule has 18 heavy (non-hydrogen) atoms. The highest BCUT2D eigenvalue weighted by atomic mass is 19.1. The molecule has 0 spiro atoms. The van der Waals surface area contributed by atoms with E-state index in [4.69, 9.17) is 0 Å². The molecular weight excluding hydrogens is 241 g/mol. The maximum Gasteiger partial charge on any atom is 0.141 e. The molecule has 0 aliphatic heterocycles. The van der Waals surface area contributed by atoms with Gasteiger partial charge in [0.05, 0.1) is 12.2 Å². The van der Waals surface area contributed by atoms with Crippen LogP contribution in [0.4, 0.5) is 18.9 Å². The molecule has 0 amide bonds. The van der Waals surface area contributed by atoms with Crippen LogP contribution in [0.15, 0.2) is 36.7 Å². The minimum absolute atomic E-state index is 0.296.